The largest absolute Gasteiger partial charge is 0.573 e. The normalized spacial score (nSPS) is 13.9. The number of hydrogen-bond donors (Lipinski definition) is 1. The number of carbonyl (C=O) groups is 3. The van der Waals surface area contributed by atoms with Crippen LogP contribution in [-0.2, 0) is 77.6 Å². The number of Topliss-reactive ketones (excluding diaryl/α,β-unsaturated/α-hetero) is 3. The molecular weight excluding hydrogens is 1790 g/mol. The number of aromatic nitrogens is 6. The predicted octanol–water partition coefficient (Wildman–Crippen LogP) is 22.8. The van der Waals surface area contributed by atoms with Crippen LogP contribution < -0.4 is 43.9 Å². The summed E-state index contributed by atoms with van der Waals surface area (Å²) in [6.07, 6.45) is -4.69. The van der Waals surface area contributed by atoms with Crippen molar-refractivity contribution in [3.63, 3.8) is 0 Å². The Balaban J connectivity index is 0.000000149. The molecule has 0 spiro atoms. The third-order valence-corrected chi connectivity index (χ3v) is 24.4. The molecule has 18 rings (SSSR count). The van der Waals surface area contributed by atoms with Crippen molar-refractivity contribution in [2.45, 2.75) is 196 Å². The molecule has 3 aliphatic heterocycles. The van der Waals surface area contributed by atoms with E-state index in [0.29, 0.717) is 81.0 Å². The van der Waals surface area contributed by atoms with Crippen LogP contribution in [0, 0.1) is 20.8 Å². The second-order valence-corrected chi connectivity index (χ2v) is 38.6. The highest BCUT2D eigenvalue weighted by molar-refractivity contribution is 7.89. The molecule has 137 heavy (non-hydrogen) atoms. The second kappa shape index (κ2) is 38.1. The Kier molecular flexibility index (Phi) is 26.8. The first-order valence-electron chi connectivity index (χ1n) is 44.6. The summed E-state index contributed by atoms with van der Waals surface area (Å²) in [6.45, 7) is 29.2. The molecular formula is C107H101F6N7O16S. The molecule has 23 nitrogen and oxygen atoms in total. The summed E-state index contributed by atoms with van der Waals surface area (Å²) >= 11 is 0. The van der Waals surface area contributed by atoms with Crippen LogP contribution in [0.5, 0.6) is 40.5 Å². The van der Waals surface area contributed by atoms with Gasteiger partial charge in [0.25, 0.3) is 5.56 Å². The van der Waals surface area contributed by atoms with Gasteiger partial charge >= 0.3 is 12.7 Å². The smallest absolute Gasteiger partial charge is 0.493 e. The minimum atomic E-state index is -4.85. The van der Waals surface area contributed by atoms with E-state index < -0.39 is 57.9 Å². The van der Waals surface area contributed by atoms with Gasteiger partial charge in [-0.15, -0.1) is 26.3 Å². The minimum Gasteiger partial charge on any atom is -0.493 e. The van der Waals surface area contributed by atoms with E-state index in [9.17, 15) is 53.9 Å². The summed E-state index contributed by atoms with van der Waals surface area (Å²) in [7, 11) is -3.78. The molecule has 9 aromatic carbocycles. The number of benzene rings is 9. The maximum absolute atomic E-state index is 13.4. The predicted molar refractivity (Wildman–Crippen MR) is 510 cm³/mol. The van der Waals surface area contributed by atoms with Gasteiger partial charge in [-0.05, 0) is 303 Å². The first-order valence-corrected chi connectivity index (χ1v) is 46.1. The molecule has 0 unspecified atom stereocenters. The van der Waals surface area contributed by atoms with Gasteiger partial charge in [-0.25, -0.2) is 23.5 Å². The lowest BCUT2D eigenvalue weighted by atomic mass is 9.85. The van der Waals surface area contributed by atoms with E-state index >= 15 is 0 Å². The fourth-order valence-corrected chi connectivity index (χ4v) is 18.5. The van der Waals surface area contributed by atoms with Gasteiger partial charge in [0, 0.05) is 111 Å². The van der Waals surface area contributed by atoms with Crippen LogP contribution in [0.25, 0.3) is 98.8 Å². The Morgan fingerprint density at radius 1 is 0.453 bits per heavy atom. The highest BCUT2D eigenvalue weighted by atomic mass is 32.2. The van der Waals surface area contributed by atoms with E-state index in [1.807, 2.05) is 174 Å². The summed E-state index contributed by atoms with van der Waals surface area (Å²) in [5.74, 6) is 1.72. The Morgan fingerprint density at radius 3 is 1.28 bits per heavy atom. The molecule has 708 valence electrons. The number of sulfonamides is 1. The topological polar surface area (TPSA) is 290 Å². The summed E-state index contributed by atoms with van der Waals surface area (Å²) in [4.78, 5) is 77.2. The number of halogens is 6. The van der Waals surface area contributed by atoms with Crippen LogP contribution in [0.15, 0.2) is 210 Å². The number of carbonyl (C=O) groups excluding carboxylic acids is 3. The standard InChI is InChI=1S/2C36H33F3N2O5.C35H35N3O6S/c1-20-17-27-25(10-12-29(43)41(27)19-22-7-6-8-24(18-22)45-36(37,38)39)32(30(20)34(21(2)42)46-35(3,4)5)26-9-11-28-31-23(14-16-44-28)13-15-40-33(26)31;1-20-18-26-24(11-13-29(41-26)44-19-23-8-6-7-9-27(23)45-36(37,38)39)32(30(20)34(21(2)42)46-35(3,4)5)25-10-12-28-31-22(15-17-43-28)14-16-40-33(25)31;1-20-18-27-25(11-13-29(38-27)43-19-22-6-8-24(9-7-22)45(36,40)41)32(30(20)34(21(2)39)44-35(3,4)5)26-10-12-28-31-23(15-17-42-28)14-16-37-33(26)31/h6-13,15,17-18,34H,14,16,19H2,1-5H3;6-14,16,18,34H,15,17,19H2,1-5H3;6-14,16,18,34H,15,17,19H2,1-5H3,(H2,36,40,41)/t3*34-/m111/s1. The molecule has 2 N–H and O–H groups in total. The average molecular weight is 1890 g/mol. The fraction of sp³-hybridized carbons (Fsp3) is 0.299. The number of primary sulfonamides is 1. The molecule has 0 radical (unpaired) electrons. The molecule has 0 saturated heterocycles. The van der Waals surface area contributed by atoms with Crippen LogP contribution in [0.4, 0.5) is 26.3 Å². The molecule has 3 atom stereocenters. The van der Waals surface area contributed by atoms with Crippen molar-refractivity contribution in [2.24, 2.45) is 5.14 Å². The Hall–Kier alpha value is -13.8. The van der Waals surface area contributed by atoms with Crippen LogP contribution in [0.1, 0.15) is 168 Å². The lowest BCUT2D eigenvalue weighted by Gasteiger charge is -2.30. The number of ketones is 3. The third-order valence-electron chi connectivity index (χ3n) is 23.5. The molecule has 0 aliphatic carbocycles. The second-order valence-electron chi connectivity index (χ2n) is 37.1. The lowest BCUT2D eigenvalue weighted by molar-refractivity contribution is -0.275. The average Bonchev–Trinajstić information content (AvgIpc) is 0.734. The third kappa shape index (κ3) is 21.3. The number of nitrogens with two attached hydrogens (primary N) is 1. The molecule has 0 bridgehead atoms. The Bertz CT molecular complexity index is 7470. The number of alkyl halides is 6. The zero-order chi connectivity index (χ0) is 97.9. The van der Waals surface area contributed by atoms with E-state index in [4.69, 9.17) is 68.0 Å². The molecule has 3 aliphatic rings. The quantitative estimate of drug-likeness (QED) is 0.0582. The van der Waals surface area contributed by atoms with Gasteiger partial charge in [0.15, 0.2) is 17.3 Å². The van der Waals surface area contributed by atoms with Gasteiger partial charge in [0.05, 0.1) is 81.2 Å². The van der Waals surface area contributed by atoms with Crippen LogP contribution in [0.2, 0.25) is 0 Å². The Morgan fingerprint density at radius 2 is 0.861 bits per heavy atom. The van der Waals surface area contributed by atoms with E-state index in [1.165, 1.54) is 78.6 Å². The number of pyridine rings is 6. The van der Waals surface area contributed by atoms with Gasteiger partial charge in [-0.2, -0.15) is 0 Å². The maximum Gasteiger partial charge on any atom is 0.573 e. The maximum atomic E-state index is 13.4. The molecule has 0 amide bonds. The number of aryl methyl sites for hydroxylation is 3. The molecule has 15 aromatic rings. The first-order chi connectivity index (χ1) is 64.8. The lowest BCUT2D eigenvalue weighted by Crippen LogP contribution is -2.27. The number of ether oxygens (including phenoxy) is 10. The van der Waals surface area contributed by atoms with E-state index in [2.05, 4.69) is 9.47 Å². The van der Waals surface area contributed by atoms with Gasteiger partial charge < -0.3 is 51.9 Å². The van der Waals surface area contributed by atoms with E-state index in [-0.39, 0.29) is 70.5 Å². The van der Waals surface area contributed by atoms with Gasteiger partial charge in [0.2, 0.25) is 21.8 Å². The van der Waals surface area contributed by atoms with Crippen LogP contribution in [0.3, 0.4) is 0 Å². The summed E-state index contributed by atoms with van der Waals surface area (Å²) in [5.41, 5.74) is 15.8. The monoisotopic (exact) mass is 1890 g/mol. The highest BCUT2D eigenvalue weighted by Crippen LogP contribution is 2.51. The van der Waals surface area contributed by atoms with E-state index in [0.717, 1.165) is 136 Å². The molecule has 6 aromatic heterocycles. The molecule has 0 saturated carbocycles. The van der Waals surface area contributed by atoms with Gasteiger partial charge in [-0.3, -0.25) is 34.1 Å². The number of rotatable bonds is 23. The number of para-hydroxylation sites is 1. The highest BCUT2D eigenvalue weighted by Gasteiger charge is 2.38. The van der Waals surface area contributed by atoms with Gasteiger partial charge in [0.1, 0.15) is 60.3 Å². The van der Waals surface area contributed by atoms with Crippen LogP contribution >= 0.6 is 0 Å². The number of nitrogens with zero attached hydrogens (tertiary/aromatic N) is 6. The van der Waals surface area contributed by atoms with Crippen molar-refractivity contribution in [3.05, 3.63) is 278 Å². The molecule has 30 heteroatoms. The van der Waals surface area contributed by atoms with Crippen molar-refractivity contribution < 1.29 is 96.5 Å². The summed E-state index contributed by atoms with van der Waals surface area (Å²) in [6, 6.07) is 51.3. The van der Waals surface area contributed by atoms with Gasteiger partial charge in [-0.1, -0.05) is 42.5 Å². The fourth-order valence-electron chi connectivity index (χ4n) is 18.0. The first kappa shape index (κ1) is 96.3. The number of fused-ring (bicyclic) bond motifs is 3. The summed E-state index contributed by atoms with van der Waals surface area (Å²) in [5, 5.41) is 10.2. The SMILES string of the molecule is CC(=O)[C@@H](OC(C)(C)C)c1c(C)cc2c(ccc(=O)n2Cc2cccc(OC(F)(F)F)c2)c1-c1ccc2c3c(ccnc13)CCO2.CC(=O)[C@@H](OC(C)(C)C)c1c(C)cc2nc(OCc3ccc(S(N)(=O)=O)cc3)ccc2c1-c1ccc2c3c(ccnc13)CCO2.CC(=O)[C@@H](OC(C)(C)C)c1c(C)cc2nc(OCc3ccccc3OC(F)(F)F)ccc2c1-c1ccc2c3c(ccnc13)CCO2. The van der Waals surface area contributed by atoms with Crippen molar-refractivity contribution in [2.75, 3.05) is 19.8 Å². The van der Waals surface area contributed by atoms with Crippen molar-refractivity contribution in [1.29, 1.82) is 0 Å². The Labute approximate surface area is 786 Å². The number of hydrogen-bond acceptors (Lipinski definition) is 21. The van der Waals surface area contributed by atoms with E-state index in [1.54, 1.807) is 61.8 Å². The van der Waals surface area contributed by atoms with Crippen molar-refractivity contribution in [3.8, 4) is 73.9 Å². The van der Waals surface area contributed by atoms with Crippen molar-refractivity contribution >= 4 is 92.8 Å². The summed E-state index contributed by atoms with van der Waals surface area (Å²) < 4.78 is 160. The minimum absolute atomic E-state index is 0.0198. The van der Waals surface area contributed by atoms with Crippen LogP contribution in [-0.4, -0.2) is 105 Å². The van der Waals surface area contributed by atoms with Crippen molar-refractivity contribution in [1.82, 2.24) is 29.5 Å². The molecule has 0 fully saturated rings. The molecule has 9 heterocycles. The zero-order valence-corrected chi connectivity index (χ0v) is 78.9. The zero-order valence-electron chi connectivity index (χ0n) is 78.1.